The first kappa shape index (κ1) is 26.1. The number of amides is 2. The summed E-state index contributed by atoms with van der Waals surface area (Å²) in [6.45, 7) is 4.54. The molecule has 1 spiro atoms. The minimum atomic E-state index is -0.574. The van der Waals surface area contributed by atoms with Crippen LogP contribution in [0.3, 0.4) is 0 Å². The van der Waals surface area contributed by atoms with Crippen molar-refractivity contribution in [2.24, 2.45) is 5.41 Å². The number of carbonyl (C=O) groups is 2. The van der Waals surface area contributed by atoms with Gasteiger partial charge in [-0.1, -0.05) is 25.0 Å². The summed E-state index contributed by atoms with van der Waals surface area (Å²) in [6.07, 6.45) is 4.77. The highest BCUT2D eigenvalue weighted by molar-refractivity contribution is 5.96. The Morgan fingerprint density at radius 3 is 2.47 bits per heavy atom. The normalized spacial score (nSPS) is 21.9. The predicted octanol–water partition coefficient (Wildman–Crippen LogP) is 4.43. The van der Waals surface area contributed by atoms with Gasteiger partial charge in [-0.15, -0.1) is 0 Å². The maximum absolute atomic E-state index is 13.6. The summed E-state index contributed by atoms with van der Waals surface area (Å²) in [5, 5.41) is 6.12. The van der Waals surface area contributed by atoms with E-state index in [4.69, 9.17) is 4.74 Å². The minimum Gasteiger partial charge on any atom is -0.491 e. The van der Waals surface area contributed by atoms with Crippen LogP contribution in [-0.2, 0) is 11.3 Å². The second kappa shape index (κ2) is 11.8. The van der Waals surface area contributed by atoms with E-state index >= 15 is 0 Å². The summed E-state index contributed by atoms with van der Waals surface area (Å²) in [4.78, 5) is 28.3. The zero-order chi connectivity index (χ0) is 25.5. The molecule has 2 heterocycles. The van der Waals surface area contributed by atoms with Gasteiger partial charge in [0.15, 0.2) is 0 Å². The van der Waals surface area contributed by atoms with Crippen LogP contribution in [0.4, 0.5) is 8.78 Å². The van der Waals surface area contributed by atoms with Crippen molar-refractivity contribution in [2.45, 2.75) is 58.0 Å². The Balaban J connectivity index is 1.43. The van der Waals surface area contributed by atoms with Crippen LogP contribution in [0.2, 0.25) is 0 Å². The van der Waals surface area contributed by atoms with Crippen LogP contribution in [0.5, 0.6) is 5.75 Å². The second-order valence-electron chi connectivity index (χ2n) is 10.1. The fourth-order valence-corrected chi connectivity index (χ4v) is 5.17. The van der Waals surface area contributed by atoms with Crippen LogP contribution in [0.25, 0.3) is 0 Å². The van der Waals surface area contributed by atoms with Gasteiger partial charge < -0.3 is 15.4 Å². The molecule has 194 valence electrons. The Kier molecular flexibility index (Phi) is 8.56. The Labute approximate surface area is 211 Å². The molecule has 8 heteroatoms. The average molecular weight is 500 g/mol. The van der Waals surface area contributed by atoms with E-state index in [1.807, 2.05) is 19.1 Å². The van der Waals surface area contributed by atoms with Crippen LogP contribution in [0.1, 0.15) is 61.4 Å². The third-order valence-corrected chi connectivity index (χ3v) is 7.24. The summed E-state index contributed by atoms with van der Waals surface area (Å²) in [5.74, 6) is -0.765. The highest BCUT2D eigenvalue weighted by atomic mass is 19.1. The molecular weight excluding hydrogens is 464 g/mol. The monoisotopic (exact) mass is 499 g/mol. The molecule has 4 rings (SSSR count). The number of piperidine rings is 1. The molecule has 0 radical (unpaired) electrons. The highest BCUT2D eigenvalue weighted by Gasteiger charge is 2.41. The molecule has 2 aliphatic rings. The number of rotatable bonds is 2. The van der Waals surface area contributed by atoms with E-state index in [1.54, 1.807) is 12.1 Å². The van der Waals surface area contributed by atoms with Gasteiger partial charge in [-0.05, 0) is 75.5 Å². The molecule has 1 fully saturated rings. The smallest absolute Gasteiger partial charge is 0.255 e. The van der Waals surface area contributed by atoms with E-state index in [-0.39, 0.29) is 24.5 Å². The highest BCUT2D eigenvalue weighted by Crippen LogP contribution is 2.38. The topological polar surface area (TPSA) is 70.7 Å². The van der Waals surface area contributed by atoms with Gasteiger partial charge in [-0.2, -0.15) is 0 Å². The molecule has 0 bridgehead atoms. The number of hydrogen-bond donors (Lipinski definition) is 2. The van der Waals surface area contributed by atoms with Gasteiger partial charge in [0.2, 0.25) is 5.91 Å². The van der Waals surface area contributed by atoms with E-state index in [0.29, 0.717) is 55.9 Å². The first-order valence-electron chi connectivity index (χ1n) is 12.8. The maximum atomic E-state index is 13.6. The number of benzene rings is 2. The van der Waals surface area contributed by atoms with E-state index in [1.165, 1.54) is 12.1 Å². The molecule has 2 aromatic carbocycles. The van der Waals surface area contributed by atoms with Gasteiger partial charge >= 0.3 is 0 Å². The first-order chi connectivity index (χ1) is 17.3. The van der Waals surface area contributed by atoms with Gasteiger partial charge in [0.05, 0.1) is 17.0 Å². The predicted molar refractivity (Wildman–Crippen MR) is 134 cm³/mol. The van der Waals surface area contributed by atoms with Gasteiger partial charge in [-0.3, -0.25) is 14.5 Å². The minimum absolute atomic E-state index is 0.0346. The Bertz CT molecular complexity index is 1050. The fourth-order valence-electron chi connectivity index (χ4n) is 5.17. The van der Waals surface area contributed by atoms with Crippen molar-refractivity contribution in [1.82, 2.24) is 15.5 Å². The molecule has 2 aliphatic heterocycles. The maximum Gasteiger partial charge on any atom is 0.255 e. The quantitative estimate of drug-likeness (QED) is 0.641. The number of para-hydroxylation sites is 1. The Morgan fingerprint density at radius 2 is 1.72 bits per heavy atom. The number of nitrogens with zero attached hydrogens (tertiary/aromatic N) is 1. The number of fused-ring (bicyclic) bond motifs is 1. The van der Waals surface area contributed by atoms with Crippen molar-refractivity contribution in [1.29, 1.82) is 0 Å². The lowest BCUT2D eigenvalue weighted by molar-refractivity contribution is -0.135. The molecule has 2 N–H and O–H groups in total. The lowest BCUT2D eigenvalue weighted by Gasteiger charge is -2.41. The molecule has 0 saturated carbocycles. The number of ether oxygens (including phenoxy) is 1. The molecule has 6 nitrogen and oxygen atoms in total. The number of halogens is 2. The van der Waals surface area contributed by atoms with Crippen LogP contribution < -0.4 is 15.4 Å². The Hall–Kier alpha value is -3.00. The number of carbonyl (C=O) groups excluding carboxylic acids is 2. The molecule has 1 saturated heterocycles. The van der Waals surface area contributed by atoms with Crippen LogP contribution in [-0.4, -0.2) is 49.0 Å². The summed E-state index contributed by atoms with van der Waals surface area (Å²) in [5.41, 5.74) is 0.607. The SMILES string of the molecule is C[C@H]1COc2ccccc2C(=O)NCCCCCC2(CCN(Cc3cc(F)cc(F)c3)CC2)C(=O)N1. The molecule has 2 amide bonds. The summed E-state index contributed by atoms with van der Waals surface area (Å²) < 4.78 is 33.2. The number of hydrogen-bond acceptors (Lipinski definition) is 4. The van der Waals surface area contributed by atoms with Gasteiger partial charge in [0, 0.05) is 19.2 Å². The summed E-state index contributed by atoms with van der Waals surface area (Å²) in [7, 11) is 0. The summed E-state index contributed by atoms with van der Waals surface area (Å²) in [6, 6.07) is 10.5. The van der Waals surface area contributed by atoms with Gasteiger partial charge in [0.1, 0.15) is 24.0 Å². The van der Waals surface area contributed by atoms with Crippen LogP contribution >= 0.6 is 0 Å². The van der Waals surface area contributed by atoms with Crippen molar-refractivity contribution in [3.05, 3.63) is 65.2 Å². The molecule has 36 heavy (non-hydrogen) atoms. The van der Waals surface area contributed by atoms with E-state index < -0.39 is 17.0 Å². The third-order valence-electron chi connectivity index (χ3n) is 7.24. The van der Waals surface area contributed by atoms with E-state index in [0.717, 1.165) is 31.7 Å². The molecule has 0 unspecified atom stereocenters. The Morgan fingerprint density at radius 1 is 1.00 bits per heavy atom. The standard InChI is InChI=1S/C28H35F2N3O3/c1-20-19-36-25-8-4-3-7-24(25)26(34)31-12-6-2-5-9-28(27(35)32-20)10-13-33(14-11-28)18-21-15-22(29)17-23(30)16-21/h3-4,7-8,15-17,20H,2,5-6,9-14,18-19H2,1H3,(H,31,34)(H,32,35)/t20-/m0/s1. The lowest BCUT2D eigenvalue weighted by Crippen LogP contribution is -2.51. The zero-order valence-corrected chi connectivity index (χ0v) is 20.8. The molecule has 1 atom stereocenters. The van der Waals surface area contributed by atoms with E-state index in [2.05, 4.69) is 15.5 Å². The first-order valence-corrected chi connectivity index (χ1v) is 12.8. The second-order valence-corrected chi connectivity index (χ2v) is 10.1. The van der Waals surface area contributed by atoms with E-state index in [9.17, 15) is 18.4 Å². The fraction of sp³-hybridized carbons (Fsp3) is 0.500. The molecular formula is C28H35F2N3O3. The van der Waals surface area contributed by atoms with Gasteiger partial charge in [-0.25, -0.2) is 8.78 Å². The van der Waals surface area contributed by atoms with Crippen molar-refractivity contribution in [2.75, 3.05) is 26.2 Å². The number of likely N-dealkylation sites (tertiary alicyclic amines) is 1. The van der Waals surface area contributed by atoms with Crippen molar-refractivity contribution >= 4 is 11.8 Å². The van der Waals surface area contributed by atoms with Crippen LogP contribution in [0.15, 0.2) is 42.5 Å². The molecule has 0 aliphatic carbocycles. The van der Waals surface area contributed by atoms with Crippen molar-refractivity contribution in [3.63, 3.8) is 0 Å². The van der Waals surface area contributed by atoms with Crippen LogP contribution in [0, 0.1) is 17.0 Å². The van der Waals surface area contributed by atoms with Crippen molar-refractivity contribution < 1.29 is 23.1 Å². The average Bonchev–Trinajstić information content (AvgIpc) is 2.85. The summed E-state index contributed by atoms with van der Waals surface area (Å²) >= 11 is 0. The molecule has 0 aromatic heterocycles. The largest absolute Gasteiger partial charge is 0.491 e. The third kappa shape index (κ3) is 6.60. The van der Waals surface area contributed by atoms with Gasteiger partial charge in [0.25, 0.3) is 5.91 Å². The van der Waals surface area contributed by atoms with Crippen molar-refractivity contribution in [3.8, 4) is 5.75 Å². The molecule has 2 aromatic rings. The zero-order valence-electron chi connectivity index (χ0n) is 20.8. The lowest BCUT2D eigenvalue weighted by atomic mass is 9.73. The number of nitrogens with one attached hydrogen (secondary N) is 2.